The Morgan fingerprint density at radius 3 is 2.67 bits per heavy atom. The average Bonchev–Trinajstić information content (AvgIpc) is 2.66. The summed E-state index contributed by atoms with van der Waals surface area (Å²) >= 11 is 0. The standard InChI is InChI=1S/C12H15N3/c1-10-14-7-8-15(10)9-12(13)11-5-3-2-4-6-11/h2-8,12H,9,13H2,1H3/t12-/m0/s1. The molecule has 3 heteroatoms. The maximum absolute atomic E-state index is 6.11. The van der Waals surface area contributed by atoms with Gasteiger partial charge in [0.2, 0.25) is 0 Å². The molecule has 15 heavy (non-hydrogen) atoms. The van der Waals surface area contributed by atoms with Crippen molar-refractivity contribution in [3.63, 3.8) is 0 Å². The van der Waals surface area contributed by atoms with Gasteiger partial charge in [-0.2, -0.15) is 0 Å². The molecule has 2 N–H and O–H groups in total. The van der Waals surface area contributed by atoms with Crippen molar-refractivity contribution in [2.45, 2.75) is 19.5 Å². The van der Waals surface area contributed by atoms with E-state index in [1.807, 2.05) is 31.3 Å². The molecular weight excluding hydrogens is 186 g/mol. The molecule has 1 aromatic heterocycles. The molecule has 0 aliphatic carbocycles. The molecule has 0 amide bonds. The Morgan fingerprint density at radius 1 is 1.33 bits per heavy atom. The van der Waals surface area contributed by atoms with Crippen molar-refractivity contribution in [2.24, 2.45) is 5.73 Å². The predicted molar refractivity (Wildman–Crippen MR) is 60.3 cm³/mol. The number of nitrogens with two attached hydrogens (primary N) is 1. The van der Waals surface area contributed by atoms with E-state index in [0.29, 0.717) is 0 Å². The van der Waals surface area contributed by atoms with E-state index in [1.54, 1.807) is 6.20 Å². The largest absolute Gasteiger partial charge is 0.333 e. The van der Waals surface area contributed by atoms with E-state index in [1.165, 1.54) is 0 Å². The minimum Gasteiger partial charge on any atom is -0.333 e. The number of imidazole rings is 1. The molecule has 0 radical (unpaired) electrons. The Kier molecular flexibility index (Phi) is 2.83. The quantitative estimate of drug-likeness (QED) is 0.824. The molecule has 3 nitrogen and oxygen atoms in total. The first-order valence-electron chi connectivity index (χ1n) is 5.05. The van der Waals surface area contributed by atoms with Crippen LogP contribution in [0.4, 0.5) is 0 Å². The molecule has 0 fully saturated rings. The summed E-state index contributed by atoms with van der Waals surface area (Å²) in [5, 5.41) is 0. The fourth-order valence-corrected chi connectivity index (χ4v) is 1.61. The van der Waals surface area contributed by atoms with Crippen molar-refractivity contribution in [3.05, 3.63) is 54.1 Å². The van der Waals surface area contributed by atoms with Crippen LogP contribution in [0.15, 0.2) is 42.7 Å². The number of aryl methyl sites for hydroxylation is 1. The predicted octanol–water partition coefficient (Wildman–Crippen LogP) is 1.89. The molecule has 2 aromatic rings. The van der Waals surface area contributed by atoms with Gasteiger partial charge < -0.3 is 10.3 Å². The zero-order chi connectivity index (χ0) is 10.7. The van der Waals surface area contributed by atoms with Gasteiger partial charge in [0.1, 0.15) is 5.82 Å². The highest BCUT2D eigenvalue weighted by Gasteiger charge is 2.06. The summed E-state index contributed by atoms with van der Waals surface area (Å²) in [6.07, 6.45) is 3.76. The molecular formula is C12H15N3. The smallest absolute Gasteiger partial charge is 0.105 e. The van der Waals surface area contributed by atoms with E-state index in [2.05, 4.69) is 21.7 Å². The molecule has 0 spiro atoms. The van der Waals surface area contributed by atoms with Crippen LogP contribution in [0.2, 0.25) is 0 Å². The fraction of sp³-hybridized carbons (Fsp3) is 0.250. The molecule has 78 valence electrons. The monoisotopic (exact) mass is 201 g/mol. The van der Waals surface area contributed by atoms with E-state index in [4.69, 9.17) is 5.73 Å². The van der Waals surface area contributed by atoms with E-state index in [-0.39, 0.29) is 6.04 Å². The maximum Gasteiger partial charge on any atom is 0.105 e. The van der Waals surface area contributed by atoms with Gasteiger partial charge in [-0.15, -0.1) is 0 Å². The third kappa shape index (κ3) is 2.25. The Labute approximate surface area is 89.6 Å². The van der Waals surface area contributed by atoms with Gasteiger partial charge in [-0.25, -0.2) is 4.98 Å². The molecule has 0 saturated carbocycles. The first kappa shape index (κ1) is 9.93. The molecule has 0 bridgehead atoms. The first-order valence-corrected chi connectivity index (χ1v) is 5.05. The number of hydrogen-bond donors (Lipinski definition) is 1. The van der Waals surface area contributed by atoms with Gasteiger partial charge in [0.05, 0.1) is 0 Å². The van der Waals surface area contributed by atoms with Gasteiger partial charge in [0.25, 0.3) is 0 Å². The zero-order valence-corrected chi connectivity index (χ0v) is 8.80. The summed E-state index contributed by atoms with van der Waals surface area (Å²) < 4.78 is 2.07. The van der Waals surface area contributed by atoms with Crippen LogP contribution in [-0.2, 0) is 6.54 Å². The van der Waals surface area contributed by atoms with Crippen LogP contribution in [0, 0.1) is 6.92 Å². The second-order valence-corrected chi connectivity index (χ2v) is 3.64. The van der Waals surface area contributed by atoms with Crippen molar-refractivity contribution in [3.8, 4) is 0 Å². The first-order chi connectivity index (χ1) is 7.27. The lowest BCUT2D eigenvalue weighted by molar-refractivity contribution is 0.565. The van der Waals surface area contributed by atoms with Crippen LogP contribution in [0.3, 0.4) is 0 Å². The number of hydrogen-bond acceptors (Lipinski definition) is 2. The minimum atomic E-state index is 0.0269. The molecule has 0 saturated heterocycles. The van der Waals surface area contributed by atoms with E-state index >= 15 is 0 Å². The molecule has 1 atom stereocenters. The summed E-state index contributed by atoms with van der Waals surface area (Å²) in [5.41, 5.74) is 7.26. The van der Waals surface area contributed by atoms with E-state index in [0.717, 1.165) is 17.9 Å². The molecule has 1 aromatic carbocycles. The fourth-order valence-electron chi connectivity index (χ4n) is 1.61. The van der Waals surface area contributed by atoms with Crippen molar-refractivity contribution in [1.29, 1.82) is 0 Å². The van der Waals surface area contributed by atoms with Crippen molar-refractivity contribution >= 4 is 0 Å². The van der Waals surface area contributed by atoms with E-state index in [9.17, 15) is 0 Å². The lowest BCUT2D eigenvalue weighted by Crippen LogP contribution is -2.17. The normalized spacial score (nSPS) is 12.7. The van der Waals surface area contributed by atoms with Crippen LogP contribution in [0.1, 0.15) is 17.4 Å². The number of benzene rings is 1. The van der Waals surface area contributed by atoms with Crippen molar-refractivity contribution < 1.29 is 0 Å². The van der Waals surface area contributed by atoms with Crippen molar-refractivity contribution in [2.75, 3.05) is 0 Å². The zero-order valence-electron chi connectivity index (χ0n) is 8.80. The Balaban J connectivity index is 2.11. The molecule has 0 aliphatic heterocycles. The van der Waals surface area contributed by atoms with Crippen molar-refractivity contribution in [1.82, 2.24) is 9.55 Å². The van der Waals surface area contributed by atoms with Gasteiger partial charge in [-0.1, -0.05) is 30.3 Å². The number of aromatic nitrogens is 2. The van der Waals surface area contributed by atoms with Crippen LogP contribution in [0.25, 0.3) is 0 Å². The lowest BCUT2D eigenvalue weighted by atomic mass is 10.1. The Hall–Kier alpha value is -1.61. The third-order valence-electron chi connectivity index (χ3n) is 2.54. The average molecular weight is 201 g/mol. The topological polar surface area (TPSA) is 43.8 Å². The summed E-state index contributed by atoms with van der Waals surface area (Å²) in [5.74, 6) is 1.00. The second-order valence-electron chi connectivity index (χ2n) is 3.64. The number of rotatable bonds is 3. The third-order valence-corrected chi connectivity index (χ3v) is 2.54. The SMILES string of the molecule is Cc1nccn1C[C@H](N)c1ccccc1. The number of nitrogens with zero attached hydrogens (tertiary/aromatic N) is 2. The molecule has 2 rings (SSSR count). The Bertz CT molecular complexity index is 419. The highest BCUT2D eigenvalue weighted by atomic mass is 15.1. The van der Waals surface area contributed by atoms with Crippen LogP contribution in [-0.4, -0.2) is 9.55 Å². The van der Waals surface area contributed by atoms with Gasteiger partial charge >= 0.3 is 0 Å². The van der Waals surface area contributed by atoms with Crippen LogP contribution < -0.4 is 5.73 Å². The highest BCUT2D eigenvalue weighted by molar-refractivity contribution is 5.18. The molecule has 0 aliphatic rings. The minimum absolute atomic E-state index is 0.0269. The molecule has 0 unspecified atom stereocenters. The second kappa shape index (κ2) is 4.28. The molecule has 1 heterocycles. The maximum atomic E-state index is 6.11. The van der Waals surface area contributed by atoms with Gasteiger partial charge in [0.15, 0.2) is 0 Å². The van der Waals surface area contributed by atoms with Crippen LogP contribution >= 0.6 is 0 Å². The summed E-state index contributed by atoms with van der Waals surface area (Å²) in [6.45, 7) is 2.76. The summed E-state index contributed by atoms with van der Waals surface area (Å²) in [6, 6.07) is 10.2. The van der Waals surface area contributed by atoms with Gasteiger partial charge in [-0.05, 0) is 12.5 Å². The van der Waals surface area contributed by atoms with Gasteiger partial charge in [-0.3, -0.25) is 0 Å². The highest BCUT2D eigenvalue weighted by Crippen LogP contribution is 2.12. The Morgan fingerprint density at radius 2 is 2.07 bits per heavy atom. The van der Waals surface area contributed by atoms with Crippen LogP contribution in [0.5, 0.6) is 0 Å². The lowest BCUT2D eigenvalue weighted by Gasteiger charge is -2.13. The summed E-state index contributed by atoms with van der Waals surface area (Å²) in [7, 11) is 0. The van der Waals surface area contributed by atoms with Gasteiger partial charge in [0, 0.05) is 25.0 Å². The summed E-state index contributed by atoms with van der Waals surface area (Å²) in [4.78, 5) is 4.17. The van der Waals surface area contributed by atoms with E-state index < -0.39 is 0 Å².